The Labute approximate surface area is 92.9 Å². The number of nitrogens with one attached hydrogen (secondary N) is 1. The van der Waals surface area contributed by atoms with Gasteiger partial charge in [-0.15, -0.1) is 0 Å². The minimum Gasteiger partial charge on any atom is -0.443 e. The molecule has 0 aliphatic carbocycles. The summed E-state index contributed by atoms with van der Waals surface area (Å²) < 4.78 is 5.18. The van der Waals surface area contributed by atoms with E-state index in [9.17, 15) is 4.79 Å². The maximum atomic E-state index is 11.5. The summed E-state index contributed by atoms with van der Waals surface area (Å²) in [5.74, 6) is 0. The Morgan fingerprint density at radius 2 is 1.53 bits per heavy atom. The molecule has 0 fully saturated rings. The molecule has 15 heavy (non-hydrogen) atoms. The molecule has 0 radical (unpaired) electrons. The first kappa shape index (κ1) is 14.2. The Balaban J connectivity index is 4.25. The molecule has 0 heterocycles. The van der Waals surface area contributed by atoms with Crippen molar-refractivity contribution in [1.29, 1.82) is 0 Å². The van der Waals surface area contributed by atoms with Gasteiger partial charge in [0.2, 0.25) is 0 Å². The first-order valence-electron chi connectivity index (χ1n) is 5.41. The van der Waals surface area contributed by atoms with Gasteiger partial charge in [0, 0.05) is 12.1 Å². The molecule has 0 spiro atoms. The SMILES string of the molecule is CC(C)N(NC(=O)OC(C)(C)C)C(C)C. The van der Waals surface area contributed by atoms with Gasteiger partial charge in [0.05, 0.1) is 0 Å². The molecule has 0 aromatic carbocycles. The highest BCUT2D eigenvalue weighted by atomic mass is 16.6. The fourth-order valence-corrected chi connectivity index (χ4v) is 1.26. The van der Waals surface area contributed by atoms with E-state index in [0.717, 1.165) is 0 Å². The van der Waals surface area contributed by atoms with E-state index in [1.54, 1.807) is 0 Å². The monoisotopic (exact) mass is 216 g/mol. The summed E-state index contributed by atoms with van der Waals surface area (Å²) in [7, 11) is 0. The second-order valence-electron chi connectivity index (χ2n) is 5.21. The van der Waals surface area contributed by atoms with Gasteiger partial charge in [-0.3, -0.25) is 5.43 Å². The summed E-state index contributed by atoms with van der Waals surface area (Å²) in [5, 5.41) is 1.87. The van der Waals surface area contributed by atoms with Gasteiger partial charge in [-0.2, -0.15) is 0 Å². The second-order valence-corrected chi connectivity index (χ2v) is 5.21. The van der Waals surface area contributed by atoms with E-state index in [1.165, 1.54) is 0 Å². The molecule has 0 bridgehead atoms. The van der Waals surface area contributed by atoms with E-state index in [4.69, 9.17) is 4.74 Å². The third kappa shape index (κ3) is 6.33. The van der Waals surface area contributed by atoms with Crippen molar-refractivity contribution >= 4 is 6.09 Å². The standard InChI is InChI=1S/C11H24N2O2/c1-8(2)13(9(3)4)12-10(14)15-11(5,6)7/h8-9H,1-7H3,(H,12,14). The summed E-state index contributed by atoms with van der Waals surface area (Å²) >= 11 is 0. The van der Waals surface area contributed by atoms with Crippen molar-refractivity contribution in [1.82, 2.24) is 10.4 Å². The Hall–Kier alpha value is -0.770. The number of hydrazine groups is 1. The predicted molar refractivity (Wildman–Crippen MR) is 61.5 cm³/mol. The molecule has 4 nitrogen and oxygen atoms in total. The van der Waals surface area contributed by atoms with Gasteiger partial charge in [-0.25, -0.2) is 9.80 Å². The summed E-state index contributed by atoms with van der Waals surface area (Å²) in [6.45, 7) is 13.6. The van der Waals surface area contributed by atoms with Crippen molar-refractivity contribution in [3.8, 4) is 0 Å². The lowest BCUT2D eigenvalue weighted by Gasteiger charge is -2.31. The molecule has 4 heteroatoms. The van der Waals surface area contributed by atoms with Crippen LogP contribution in [0.1, 0.15) is 48.5 Å². The number of carbonyl (C=O) groups is 1. The van der Waals surface area contributed by atoms with Crippen LogP contribution in [0, 0.1) is 0 Å². The van der Waals surface area contributed by atoms with E-state index < -0.39 is 11.7 Å². The van der Waals surface area contributed by atoms with Crippen molar-refractivity contribution in [3.05, 3.63) is 0 Å². The van der Waals surface area contributed by atoms with Gasteiger partial charge < -0.3 is 4.74 Å². The highest BCUT2D eigenvalue weighted by Gasteiger charge is 2.20. The van der Waals surface area contributed by atoms with E-state index in [-0.39, 0.29) is 12.1 Å². The van der Waals surface area contributed by atoms with Crippen LogP contribution in [0.15, 0.2) is 0 Å². The topological polar surface area (TPSA) is 41.6 Å². The smallest absolute Gasteiger partial charge is 0.422 e. The maximum Gasteiger partial charge on any atom is 0.422 e. The predicted octanol–water partition coefficient (Wildman–Crippen LogP) is 2.54. The highest BCUT2D eigenvalue weighted by molar-refractivity contribution is 5.67. The van der Waals surface area contributed by atoms with Crippen molar-refractivity contribution in [3.63, 3.8) is 0 Å². The maximum absolute atomic E-state index is 11.5. The van der Waals surface area contributed by atoms with Crippen LogP contribution < -0.4 is 5.43 Å². The van der Waals surface area contributed by atoms with Crippen molar-refractivity contribution in [2.75, 3.05) is 0 Å². The normalized spacial score (nSPS) is 12.4. The molecule has 0 rings (SSSR count). The molecule has 1 amide bonds. The number of rotatable bonds is 3. The van der Waals surface area contributed by atoms with Crippen LogP contribution >= 0.6 is 0 Å². The van der Waals surface area contributed by atoms with Crippen LogP contribution in [0.3, 0.4) is 0 Å². The molecular weight excluding hydrogens is 192 g/mol. The number of hydrogen-bond donors (Lipinski definition) is 1. The number of amides is 1. The first-order chi connectivity index (χ1) is 6.63. The zero-order valence-corrected chi connectivity index (χ0v) is 10.9. The number of nitrogens with zero attached hydrogens (tertiary/aromatic N) is 1. The van der Waals surface area contributed by atoms with Gasteiger partial charge in [0.25, 0.3) is 0 Å². The van der Waals surface area contributed by atoms with Crippen molar-refractivity contribution in [2.45, 2.75) is 66.2 Å². The van der Waals surface area contributed by atoms with E-state index >= 15 is 0 Å². The Bertz CT molecular complexity index is 199. The van der Waals surface area contributed by atoms with Crippen molar-refractivity contribution in [2.24, 2.45) is 0 Å². The molecule has 0 aliphatic rings. The molecule has 0 saturated heterocycles. The lowest BCUT2D eigenvalue weighted by Crippen LogP contribution is -2.51. The number of hydrogen-bond acceptors (Lipinski definition) is 3. The summed E-state index contributed by atoms with van der Waals surface area (Å²) in [4.78, 5) is 11.5. The zero-order chi connectivity index (χ0) is 12.2. The fraction of sp³-hybridized carbons (Fsp3) is 0.909. The van der Waals surface area contributed by atoms with E-state index in [2.05, 4.69) is 5.43 Å². The van der Waals surface area contributed by atoms with Crippen LogP contribution in [-0.4, -0.2) is 28.8 Å². The van der Waals surface area contributed by atoms with Gasteiger partial charge in [-0.05, 0) is 48.5 Å². The van der Waals surface area contributed by atoms with Gasteiger partial charge in [0.15, 0.2) is 0 Å². The lowest BCUT2D eigenvalue weighted by molar-refractivity contribution is 0.0194. The van der Waals surface area contributed by atoms with Crippen LogP contribution in [0.25, 0.3) is 0 Å². The third-order valence-electron chi connectivity index (χ3n) is 1.73. The number of ether oxygens (including phenoxy) is 1. The average molecular weight is 216 g/mol. The molecular formula is C11H24N2O2. The van der Waals surface area contributed by atoms with Crippen LogP contribution in [0.4, 0.5) is 4.79 Å². The summed E-state index contributed by atoms with van der Waals surface area (Å²) in [5.41, 5.74) is 2.29. The highest BCUT2D eigenvalue weighted by Crippen LogP contribution is 2.08. The average Bonchev–Trinajstić information content (AvgIpc) is 1.95. The molecule has 0 aromatic heterocycles. The molecule has 0 atom stereocenters. The van der Waals surface area contributed by atoms with Crippen LogP contribution in [0.2, 0.25) is 0 Å². The molecule has 0 unspecified atom stereocenters. The molecule has 90 valence electrons. The lowest BCUT2D eigenvalue weighted by atomic mass is 10.2. The second kappa shape index (κ2) is 5.35. The quantitative estimate of drug-likeness (QED) is 0.737. The van der Waals surface area contributed by atoms with Crippen molar-refractivity contribution < 1.29 is 9.53 Å². The van der Waals surface area contributed by atoms with E-state index in [0.29, 0.717) is 0 Å². The van der Waals surface area contributed by atoms with Crippen LogP contribution in [0.5, 0.6) is 0 Å². The largest absolute Gasteiger partial charge is 0.443 e. The third-order valence-corrected chi connectivity index (χ3v) is 1.73. The molecule has 1 N–H and O–H groups in total. The Morgan fingerprint density at radius 1 is 1.13 bits per heavy atom. The zero-order valence-electron chi connectivity index (χ0n) is 10.9. The Morgan fingerprint density at radius 3 is 1.80 bits per heavy atom. The first-order valence-corrected chi connectivity index (χ1v) is 5.41. The Kier molecular flexibility index (Phi) is 5.08. The minimum absolute atomic E-state index is 0.248. The van der Waals surface area contributed by atoms with Gasteiger partial charge in [0.1, 0.15) is 5.60 Å². The molecule has 0 aromatic rings. The van der Waals surface area contributed by atoms with Crippen LogP contribution in [-0.2, 0) is 4.74 Å². The minimum atomic E-state index is -0.455. The fourth-order valence-electron chi connectivity index (χ4n) is 1.26. The summed E-state index contributed by atoms with van der Waals surface area (Å²) in [6, 6.07) is 0.495. The molecule has 0 aliphatic heterocycles. The number of carbonyl (C=O) groups excluding carboxylic acids is 1. The summed E-state index contributed by atoms with van der Waals surface area (Å²) in [6.07, 6.45) is -0.398. The molecule has 0 saturated carbocycles. The van der Waals surface area contributed by atoms with Gasteiger partial charge >= 0.3 is 6.09 Å². The van der Waals surface area contributed by atoms with E-state index in [1.807, 2.05) is 53.5 Å². The van der Waals surface area contributed by atoms with Gasteiger partial charge in [-0.1, -0.05) is 0 Å².